The van der Waals surface area contributed by atoms with Gasteiger partial charge < -0.3 is 9.84 Å². The summed E-state index contributed by atoms with van der Waals surface area (Å²) in [6, 6.07) is 1.40. The van der Waals surface area contributed by atoms with Gasteiger partial charge in [0, 0.05) is 17.0 Å². The van der Waals surface area contributed by atoms with Crippen molar-refractivity contribution in [3.05, 3.63) is 27.4 Å². The standard InChI is InChI=1S/C14H20N4O2S/c1-7-6-12(18-20-7)17-14(19)10(4)15-8(2)13-9(3)16-11(5)21-13/h6,8,10,15H,1-5H3,(H,17,18,19)/t8-,10+/m0/s1. The second kappa shape index (κ2) is 6.36. The smallest absolute Gasteiger partial charge is 0.242 e. The van der Waals surface area contributed by atoms with Crippen molar-refractivity contribution >= 4 is 23.1 Å². The maximum atomic E-state index is 12.1. The summed E-state index contributed by atoms with van der Waals surface area (Å²) in [7, 11) is 0. The van der Waals surface area contributed by atoms with Crippen LogP contribution in [0.15, 0.2) is 10.6 Å². The van der Waals surface area contributed by atoms with Crippen LogP contribution in [0.4, 0.5) is 5.82 Å². The molecule has 0 bridgehead atoms. The predicted molar refractivity (Wildman–Crippen MR) is 82.5 cm³/mol. The molecule has 2 rings (SSSR count). The fraction of sp³-hybridized carbons (Fsp3) is 0.500. The average molecular weight is 308 g/mol. The Morgan fingerprint density at radius 1 is 1.33 bits per heavy atom. The highest BCUT2D eigenvalue weighted by atomic mass is 32.1. The normalized spacial score (nSPS) is 14.0. The van der Waals surface area contributed by atoms with E-state index < -0.39 is 0 Å². The van der Waals surface area contributed by atoms with Crippen LogP contribution < -0.4 is 10.6 Å². The van der Waals surface area contributed by atoms with Gasteiger partial charge in [-0.15, -0.1) is 11.3 Å². The molecule has 0 aromatic carbocycles. The molecule has 0 saturated heterocycles. The van der Waals surface area contributed by atoms with Crippen molar-refractivity contribution < 1.29 is 9.32 Å². The molecular weight excluding hydrogens is 288 g/mol. The molecular formula is C14H20N4O2S. The predicted octanol–water partition coefficient (Wildman–Crippen LogP) is 2.73. The molecule has 7 heteroatoms. The Morgan fingerprint density at radius 3 is 2.57 bits per heavy atom. The number of nitrogens with zero attached hydrogens (tertiary/aromatic N) is 2. The maximum Gasteiger partial charge on any atom is 0.242 e. The summed E-state index contributed by atoms with van der Waals surface area (Å²) in [5.41, 5.74) is 1.01. The Balaban J connectivity index is 1.95. The fourth-order valence-corrected chi connectivity index (χ4v) is 3.07. The molecule has 6 nitrogen and oxygen atoms in total. The minimum absolute atomic E-state index is 0.0657. The summed E-state index contributed by atoms with van der Waals surface area (Å²) in [4.78, 5) is 17.7. The van der Waals surface area contributed by atoms with Gasteiger partial charge in [-0.3, -0.25) is 10.1 Å². The van der Waals surface area contributed by atoms with Crippen molar-refractivity contribution in [2.45, 2.75) is 46.7 Å². The molecule has 0 aliphatic heterocycles. The van der Waals surface area contributed by atoms with Crippen LogP contribution in [-0.2, 0) is 4.79 Å². The van der Waals surface area contributed by atoms with Crippen LogP contribution in [0.1, 0.15) is 41.2 Å². The third kappa shape index (κ3) is 3.89. The number of aryl methyl sites for hydroxylation is 3. The molecule has 21 heavy (non-hydrogen) atoms. The zero-order valence-electron chi connectivity index (χ0n) is 12.9. The van der Waals surface area contributed by atoms with Gasteiger partial charge in [-0.1, -0.05) is 5.16 Å². The molecule has 0 aliphatic carbocycles. The van der Waals surface area contributed by atoms with Crippen LogP contribution >= 0.6 is 11.3 Å². The maximum absolute atomic E-state index is 12.1. The van der Waals surface area contributed by atoms with E-state index in [1.54, 1.807) is 24.3 Å². The Hall–Kier alpha value is -1.73. The molecule has 0 saturated carbocycles. The van der Waals surface area contributed by atoms with E-state index in [-0.39, 0.29) is 18.0 Å². The molecule has 2 aromatic rings. The lowest BCUT2D eigenvalue weighted by Crippen LogP contribution is -2.39. The summed E-state index contributed by atoms with van der Waals surface area (Å²) in [6.45, 7) is 9.60. The zero-order chi connectivity index (χ0) is 15.6. The Labute approximate surface area is 127 Å². The molecule has 2 aromatic heterocycles. The second-order valence-corrected chi connectivity index (χ2v) is 6.34. The first-order chi connectivity index (χ1) is 9.86. The van der Waals surface area contributed by atoms with Crippen LogP contribution in [0, 0.1) is 20.8 Å². The number of thiazole rings is 1. The highest BCUT2D eigenvalue weighted by molar-refractivity contribution is 7.11. The monoisotopic (exact) mass is 308 g/mol. The topological polar surface area (TPSA) is 80.0 Å². The van der Waals surface area contributed by atoms with Crippen LogP contribution in [-0.4, -0.2) is 22.1 Å². The zero-order valence-corrected chi connectivity index (χ0v) is 13.7. The van der Waals surface area contributed by atoms with E-state index >= 15 is 0 Å². The van der Waals surface area contributed by atoms with E-state index in [0.29, 0.717) is 11.6 Å². The van der Waals surface area contributed by atoms with Gasteiger partial charge in [0.1, 0.15) is 5.76 Å². The van der Waals surface area contributed by atoms with E-state index in [1.807, 2.05) is 27.7 Å². The molecule has 0 spiro atoms. The van der Waals surface area contributed by atoms with Crippen molar-refractivity contribution in [2.24, 2.45) is 0 Å². The van der Waals surface area contributed by atoms with Crippen LogP contribution in [0.5, 0.6) is 0 Å². The number of rotatable bonds is 5. The Bertz CT molecular complexity index is 635. The molecule has 0 fully saturated rings. The van der Waals surface area contributed by atoms with E-state index in [0.717, 1.165) is 15.6 Å². The lowest BCUT2D eigenvalue weighted by molar-refractivity contribution is -0.118. The fourth-order valence-electron chi connectivity index (χ4n) is 2.13. The molecule has 0 aliphatic rings. The first kappa shape index (κ1) is 15.7. The van der Waals surface area contributed by atoms with Gasteiger partial charge in [-0.25, -0.2) is 4.98 Å². The molecule has 1 amide bonds. The number of hydrogen-bond acceptors (Lipinski definition) is 6. The Morgan fingerprint density at radius 2 is 2.05 bits per heavy atom. The molecule has 2 N–H and O–H groups in total. The van der Waals surface area contributed by atoms with Gasteiger partial charge in [0.15, 0.2) is 5.82 Å². The first-order valence-electron chi connectivity index (χ1n) is 6.81. The minimum Gasteiger partial charge on any atom is -0.360 e. The second-order valence-electron chi connectivity index (χ2n) is 5.10. The van der Waals surface area contributed by atoms with Gasteiger partial charge in [0.2, 0.25) is 5.91 Å². The number of nitrogens with one attached hydrogen (secondary N) is 2. The lowest BCUT2D eigenvalue weighted by atomic mass is 10.2. The van der Waals surface area contributed by atoms with Crippen LogP contribution in [0.25, 0.3) is 0 Å². The summed E-state index contributed by atoms with van der Waals surface area (Å²) < 4.78 is 4.92. The first-order valence-corrected chi connectivity index (χ1v) is 7.62. The van der Waals surface area contributed by atoms with Crippen molar-refractivity contribution in [2.75, 3.05) is 5.32 Å². The van der Waals surface area contributed by atoms with E-state index in [9.17, 15) is 4.79 Å². The van der Waals surface area contributed by atoms with Crippen molar-refractivity contribution in [1.82, 2.24) is 15.5 Å². The molecule has 114 valence electrons. The van der Waals surface area contributed by atoms with E-state index in [4.69, 9.17) is 4.52 Å². The molecule has 0 unspecified atom stereocenters. The van der Waals surface area contributed by atoms with Gasteiger partial charge in [0.05, 0.1) is 16.7 Å². The SMILES string of the molecule is Cc1cc(NC(=O)[C@@H](C)N[C@@H](C)c2sc(C)nc2C)no1. The van der Waals surface area contributed by atoms with Gasteiger partial charge in [0.25, 0.3) is 0 Å². The number of hydrogen-bond donors (Lipinski definition) is 2. The number of carbonyl (C=O) groups is 1. The number of amides is 1. The van der Waals surface area contributed by atoms with Gasteiger partial charge in [-0.05, 0) is 34.6 Å². The quantitative estimate of drug-likeness (QED) is 0.887. The highest BCUT2D eigenvalue weighted by Crippen LogP contribution is 2.24. The average Bonchev–Trinajstić information content (AvgIpc) is 2.95. The van der Waals surface area contributed by atoms with Crippen molar-refractivity contribution in [3.63, 3.8) is 0 Å². The third-order valence-electron chi connectivity index (χ3n) is 3.11. The molecule has 2 heterocycles. The summed E-state index contributed by atoms with van der Waals surface area (Å²) in [6.07, 6.45) is 0. The van der Waals surface area contributed by atoms with E-state index in [2.05, 4.69) is 20.8 Å². The van der Waals surface area contributed by atoms with Crippen molar-refractivity contribution in [3.8, 4) is 0 Å². The number of aromatic nitrogens is 2. The largest absolute Gasteiger partial charge is 0.360 e. The lowest BCUT2D eigenvalue weighted by Gasteiger charge is -2.18. The summed E-state index contributed by atoms with van der Waals surface area (Å²) >= 11 is 1.65. The highest BCUT2D eigenvalue weighted by Gasteiger charge is 2.20. The number of carbonyl (C=O) groups excluding carboxylic acids is 1. The molecule has 0 radical (unpaired) electrons. The van der Waals surface area contributed by atoms with Crippen LogP contribution in [0.3, 0.4) is 0 Å². The third-order valence-corrected chi connectivity index (χ3v) is 4.36. The molecule has 2 atom stereocenters. The summed E-state index contributed by atoms with van der Waals surface area (Å²) in [5, 5.41) is 10.8. The minimum atomic E-state index is -0.348. The Kier molecular flexibility index (Phi) is 4.74. The number of anilines is 1. The summed E-state index contributed by atoms with van der Waals surface area (Å²) in [5.74, 6) is 0.952. The van der Waals surface area contributed by atoms with Crippen molar-refractivity contribution in [1.29, 1.82) is 0 Å². The van der Waals surface area contributed by atoms with E-state index in [1.165, 1.54) is 0 Å². The van der Waals surface area contributed by atoms with Gasteiger partial charge >= 0.3 is 0 Å². The van der Waals surface area contributed by atoms with Gasteiger partial charge in [-0.2, -0.15) is 0 Å². The van der Waals surface area contributed by atoms with Crippen LogP contribution in [0.2, 0.25) is 0 Å².